The quantitative estimate of drug-likeness (QED) is 0.649. The maximum Gasteiger partial charge on any atom is 0.416 e. The number of nitrogens with one attached hydrogen (secondary N) is 1. The van der Waals surface area contributed by atoms with Crippen molar-refractivity contribution in [3.05, 3.63) is 59.2 Å². The molecule has 0 saturated carbocycles. The fraction of sp³-hybridized carbons (Fsp3) is 0.167. The summed E-state index contributed by atoms with van der Waals surface area (Å²) in [5, 5.41) is 2.70. The van der Waals surface area contributed by atoms with Crippen LogP contribution in [-0.2, 0) is 10.9 Å². The zero-order chi connectivity index (χ0) is 19.6. The van der Waals surface area contributed by atoms with E-state index in [1.165, 1.54) is 12.1 Å². The average molecular weight is 394 g/mol. The largest absolute Gasteiger partial charge is 0.462 e. The first kappa shape index (κ1) is 18.8. The Morgan fingerprint density at radius 3 is 2.63 bits per heavy atom. The number of amides is 1. The SMILES string of the molecule is CCOC(=O)c1ccc2nc(NC(=O)c3cccc(C(F)(F)F)c3)sc2c1. The lowest BCUT2D eigenvalue weighted by atomic mass is 10.1. The van der Waals surface area contributed by atoms with Gasteiger partial charge in [-0.25, -0.2) is 9.78 Å². The molecule has 0 radical (unpaired) electrons. The maximum atomic E-state index is 12.8. The molecule has 0 bridgehead atoms. The van der Waals surface area contributed by atoms with Crippen LogP contribution in [0.4, 0.5) is 18.3 Å². The van der Waals surface area contributed by atoms with Crippen molar-refractivity contribution in [1.29, 1.82) is 0 Å². The number of halogens is 3. The highest BCUT2D eigenvalue weighted by Crippen LogP contribution is 2.30. The lowest BCUT2D eigenvalue weighted by Crippen LogP contribution is -2.13. The van der Waals surface area contributed by atoms with Crippen molar-refractivity contribution >= 4 is 38.6 Å². The van der Waals surface area contributed by atoms with Crippen molar-refractivity contribution in [2.45, 2.75) is 13.1 Å². The van der Waals surface area contributed by atoms with Gasteiger partial charge in [0.1, 0.15) is 0 Å². The van der Waals surface area contributed by atoms with Crippen LogP contribution in [0.25, 0.3) is 10.2 Å². The predicted molar refractivity (Wildman–Crippen MR) is 95.0 cm³/mol. The van der Waals surface area contributed by atoms with Gasteiger partial charge in [-0.15, -0.1) is 0 Å². The van der Waals surface area contributed by atoms with E-state index in [1.54, 1.807) is 25.1 Å². The molecule has 0 fully saturated rings. The van der Waals surface area contributed by atoms with Crippen molar-refractivity contribution in [1.82, 2.24) is 4.98 Å². The zero-order valence-electron chi connectivity index (χ0n) is 14.0. The standard InChI is InChI=1S/C18H13F3N2O3S/c1-2-26-16(25)11-6-7-13-14(9-11)27-17(22-13)23-15(24)10-4-3-5-12(8-10)18(19,20)21/h3-9H,2H2,1H3,(H,22,23,24). The van der Waals surface area contributed by atoms with E-state index >= 15 is 0 Å². The lowest BCUT2D eigenvalue weighted by molar-refractivity contribution is -0.137. The molecule has 0 aliphatic heterocycles. The molecule has 2 aromatic carbocycles. The monoisotopic (exact) mass is 394 g/mol. The number of carbonyl (C=O) groups is 2. The van der Waals surface area contributed by atoms with Crippen molar-refractivity contribution in [3.63, 3.8) is 0 Å². The Labute approximate surface area is 155 Å². The molecule has 0 spiro atoms. The summed E-state index contributed by atoms with van der Waals surface area (Å²) in [6.07, 6.45) is -4.53. The summed E-state index contributed by atoms with van der Waals surface area (Å²) in [6, 6.07) is 8.88. The van der Waals surface area contributed by atoms with E-state index in [0.717, 1.165) is 23.5 Å². The lowest BCUT2D eigenvalue weighted by Gasteiger charge is -2.08. The van der Waals surface area contributed by atoms with Gasteiger partial charge in [0.25, 0.3) is 5.91 Å². The summed E-state index contributed by atoms with van der Waals surface area (Å²) in [7, 11) is 0. The molecule has 0 aliphatic rings. The van der Waals surface area contributed by atoms with E-state index in [2.05, 4.69) is 10.3 Å². The van der Waals surface area contributed by atoms with Crippen molar-refractivity contribution in [2.75, 3.05) is 11.9 Å². The second-order valence-corrected chi connectivity index (χ2v) is 6.49. The number of ether oxygens (including phenoxy) is 1. The molecule has 1 N–H and O–H groups in total. The van der Waals surface area contributed by atoms with Gasteiger partial charge in [-0.2, -0.15) is 13.2 Å². The van der Waals surface area contributed by atoms with E-state index < -0.39 is 23.6 Å². The predicted octanol–water partition coefficient (Wildman–Crippen LogP) is 4.74. The Morgan fingerprint density at radius 1 is 1.15 bits per heavy atom. The van der Waals surface area contributed by atoms with Gasteiger partial charge in [0, 0.05) is 5.56 Å². The number of esters is 1. The molecule has 27 heavy (non-hydrogen) atoms. The molecule has 0 atom stereocenters. The number of benzene rings is 2. The molecule has 1 amide bonds. The molecule has 0 saturated heterocycles. The molecule has 5 nitrogen and oxygen atoms in total. The van der Waals surface area contributed by atoms with E-state index in [9.17, 15) is 22.8 Å². The number of rotatable bonds is 4. The van der Waals surface area contributed by atoms with Crippen LogP contribution < -0.4 is 5.32 Å². The van der Waals surface area contributed by atoms with Crippen LogP contribution in [-0.4, -0.2) is 23.5 Å². The highest BCUT2D eigenvalue weighted by Gasteiger charge is 2.31. The number of nitrogens with zero attached hydrogens (tertiary/aromatic N) is 1. The normalized spacial score (nSPS) is 11.4. The van der Waals surface area contributed by atoms with E-state index in [1.807, 2.05) is 0 Å². The smallest absolute Gasteiger partial charge is 0.416 e. The number of hydrogen-bond donors (Lipinski definition) is 1. The third-order valence-corrected chi connectivity index (χ3v) is 4.51. The number of hydrogen-bond acceptors (Lipinski definition) is 5. The average Bonchev–Trinajstić information content (AvgIpc) is 3.02. The highest BCUT2D eigenvalue weighted by atomic mass is 32.1. The molecule has 9 heteroatoms. The van der Waals surface area contributed by atoms with Gasteiger partial charge >= 0.3 is 12.1 Å². The second kappa shape index (κ2) is 7.36. The minimum absolute atomic E-state index is 0.128. The number of thiazole rings is 1. The first-order valence-electron chi connectivity index (χ1n) is 7.84. The fourth-order valence-electron chi connectivity index (χ4n) is 2.33. The summed E-state index contributed by atoms with van der Waals surface area (Å²) in [5.41, 5.74) is -0.133. The van der Waals surface area contributed by atoms with E-state index in [0.29, 0.717) is 15.8 Å². The number of anilines is 1. The van der Waals surface area contributed by atoms with Gasteiger partial charge in [-0.05, 0) is 43.3 Å². The van der Waals surface area contributed by atoms with Gasteiger partial charge in [0.05, 0.1) is 28.0 Å². The molecule has 3 rings (SSSR count). The molecule has 140 valence electrons. The van der Waals surface area contributed by atoms with E-state index in [-0.39, 0.29) is 17.3 Å². The third-order valence-electron chi connectivity index (χ3n) is 3.57. The van der Waals surface area contributed by atoms with Gasteiger partial charge in [0.2, 0.25) is 0 Å². The van der Waals surface area contributed by atoms with Crippen LogP contribution in [0.2, 0.25) is 0 Å². The number of carbonyl (C=O) groups excluding carboxylic acids is 2. The first-order valence-corrected chi connectivity index (χ1v) is 8.66. The van der Waals surface area contributed by atoms with Crippen molar-refractivity contribution < 1.29 is 27.5 Å². The molecule has 1 heterocycles. The molecule has 0 unspecified atom stereocenters. The summed E-state index contributed by atoms with van der Waals surface area (Å²) < 4.78 is 43.9. The zero-order valence-corrected chi connectivity index (χ0v) is 14.8. The number of aromatic nitrogens is 1. The van der Waals surface area contributed by atoms with Gasteiger partial charge in [-0.3, -0.25) is 10.1 Å². The first-order chi connectivity index (χ1) is 12.8. The Morgan fingerprint density at radius 2 is 1.93 bits per heavy atom. The third kappa shape index (κ3) is 4.25. The van der Waals surface area contributed by atoms with Crippen molar-refractivity contribution in [2.24, 2.45) is 0 Å². The fourth-order valence-corrected chi connectivity index (χ4v) is 3.23. The van der Waals surface area contributed by atoms with Crippen LogP contribution in [0.5, 0.6) is 0 Å². The summed E-state index contributed by atoms with van der Waals surface area (Å²) >= 11 is 1.11. The molecular weight excluding hydrogens is 381 g/mol. The second-order valence-electron chi connectivity index (χ2n) is 5.45. The Bertz CT molecular complexity index is 1010. The van der Waals surface area contributed by atoms with Crippen LogP contribution >= 0.6 is 11.3 Å². The maximum absolute atomic E-state index is 12.8. The van der Waals surface area contributed by atoms with Gasteiger partial charge in [0.15, 0.2) is 5.13 Å². The molecule has 0 aliphatic carbocycles. The Balaban J connectivity index is 1.82. The minimum Gasteiger partial charge on any atom is -0.462 e. The van der Waals surface area contributed by atoms with Crippen LogP contribution in [0.15, 0.2) is 42.5 Å². The summed E-state index contributed by atoms with van der Waals surface area (Å²) in [5.74, 6) is -1.17. The van der Waals surface area contributed by atoms with Crippen LogP contribution in [0, 0.1) is 0 Å². The topological polar surface area (TPSA) is 68.3 Å². The van der Waals surface area contributed by atoms with E-state index in [4.69, 9.17) is 4.74 Å². The van der Waals surface area contributed by atoms with Crippen LogP contribution in [0.1, 0.15) is 33.2 Å². The Hall–Kier alpha value is -2.94. The highest BCUT2D eigenvalue weighted by molar-refractivity contribution is 7.22. The molecule has 3 aromatic rings. The summed E-state index contributed by atoms with van der Waals surface area (Å²) in [6.45, 7) is 1.95. The Kier molecular flexibility index (Phi) is 5.13. The van der Waals surface area contributed by atoms with Crippen molar-refractivity contribution in [3.8, 4) is 0 Å². The number of alkyl halides is 3. The number of fused-ring (bicyclic) bond motifs is 1. The van der Waals surface area contributed by atoms with Gasteiger partial charge in [-0.1, -0.05) is 17.4 Å². The van der Waals surface area contributed by atoms with Gasteiger partial charge < -0.3 is 4.74 Å². The minimum atomic E-state index is -4.53. The molecule has 1 aromatic heterocycles. The molecular formula is C18H13F3N2O3S. The summed E-state index contributed by atoms with van der Waals surface area (Å²) in [4.78, 5) is 28.2. The van der Waals surface area contributed by atoms with Crippen LogP contribution in [0.3, 0.4) is 0 Å².